The lowest BCUT2D eigenvalue weighted by atomic mass is 10.1. The van der Waals surface area contributed by atoms with E-state index in [-0.39, 0.29) is 6.42 Å². The number of alkyl halides is 2. The van der Waals surface area contributed by atoms with Gasteiger partial charge in [0.2, 0.25) is 5.78 Å². The zero-order chi connectivity index (χ0) is 12.1. The van der Waals surface area contributed by atoms with Gasteiger partial charge in [0.05, 0.1) is 0 Å². The Morgan fingerprint density at radius 3 is 2.47 bits per heavy atom. The van der Waals surface area contributed by atoms with Gasteiger partial charge in [-0.25, -0.2) is 0 Å². The predicted octanol–water partition coefficient (Wildman–Crippen LogP) is 2.21. The van der Waals surface area contributed by atoms with Crippen LogP contribution >= 0.6 is 7.60 Å². The van der Waals surface area contributed by atoms with Gasteiger partial charge < -0.3 is 9.42 Å². The van der Waals surface area contributed by atoms with Gasteiger partial charge in [0.25, 0.3) is 0 Å². The molecule has 0 aromatic heterocycles. The van der Waals surface area contributed by atoms with Gasteiger partial charge in [0.1, 0.15) is 6.16 Å². The fourth-order valence-corrected chi connectivity index (χ4v) is 1.62. The maximum absolute atomic E-state index is 13.0. The summed E-state index contributed by atoms with van der Waals surface area (Å²) in [6.45, 7) is 1.71. The van der Waals surface area contributed by atoms with Crippen molar-refractivity contribution in [3.63, 3.8) is 0 Å². The molecule has 7 heteroatoms. The van der Waals surface area contributed by atoms with Crippen LogP contribution in [0, 0.1) is 0 Å². The molecule has 0 fully saturated rings. The van der Waals surface area contributed by atoms with Gasteiger partial charge in [0, 0.05) is 13.5 Å². The summed E-state index contributed by atoms with van der Waals surface area (Å²) in [6, 6.07) is 0. The van der Waals surface area contributed by atoms with Crippen LogP contribution in [-0.4, -0.2) is 29.9 Å². The van der Waals surface area contributed by atoms with Crippen molar-refractivity contribution in [3.05, 3.63) is 0 Å². The van der Waals surface area contributed by atoms with Gasteiger partial charge >= 0.3 is 13.5 Å². The number of carbonyl (C=O) groups is 1. The van der Waals surface area contributed by atoms with Crippen LogP contribution in [0.15, 0.2) is 0 Å². The zero-order valence-electron chi connectivity index (χ0n) is 8.70. The largest absolute Gasteiger partial charge is 0.335 e. The number of rotatable bonds is 7. The fraction of sp³-hybridized carbons (Fsp3) is 0.875. The highest BCUT2D eigenvalue weighted by molar-refractivity contribution is 7.53. The van der Waals surface area contributed by atoms with Crippen molar-refractivity contribution in [3.8, 4) is 0 Å². The lowest BCUT2D eigenvalue weighted by Crippen LogP contribution is -2.31. The van der Waals surface area contributed by atoms with Crippen LogP contribution in [0.4, 0.5) is 8.78 Å². The van der Waals surface area contributed by atoms with Crippen LogP contribution in [0.2, 0.25) is 0 Å². The first-order valence-corrected chi connectivity index (χ1v) is 6.30. The summed E-state index contributed by atoms with van der Waals surface area (Å²) in [5.41, 5.74) is 0. The molecule has 4 nitrogen and oxygen atoms in total. The van der Waals surface area contributed by atoms with Gasteiger partial charge in [-0.05, 0) is 6.42 Å². The summed E-state index contributed by atoms with van der Waals surface area (Å²) < 4.78 is 41.0. The molecule has 0 saturated carbocycles. The van der Waals surface area contributed by atoms with E-state index in [0.29, 0.717) is 6.42 Å². The number of unbranched alkanes of at least 4 members (excludes halogenated alkanes) is 1. The van der Waals surface area contributed by atoms with E-state index in [1.807, 2.05) is 0 Å². The molecule has 0 spiro atoms. The normalized spacial score (nSPS) is 16.1. The minimum absolute atomic E-state index is 0.196. The third kappa shape index (κ3) is 5.35. The number of halogens is 2. The van der Waals surface area contributed by atoms with Gasteiger partial charge in [-0.3, -0.25) is 9.36 Å². The summed E-state index contributed by atoms with van der Waals surface area (Å²) in [5.74, 6) is -5.07. The van der Waals surface area contributed by atoms with Gasteiger partial charge in [0.15, 0.2) is 0 Å². The zero-order valence-corrected chi connectivity index (χ0v) is 9.60. The molecule has 0 amide bonds. The van der Waals surface area contributed by atoms with E-state index in [1.165, 1.54) is 0 Å². The molecule has 0 aliphatic rings. The second-order valence-corrected chi connectivity index (χ2v) is 5.17. The van der Waals surface area contributed by atoms with Gasteiger partial charge in [-0.1, -0.05) is 13.3 Å². The third-order valence-corrected chi connectivity index (χ3v) is 3.14. The van der Waals surface area contributed by atoms with Crippen molar-refractivity contribution in [1.82, 2.24) is 0 Å². The topological polar surface area (TPSA) is 63.6 Å². The lowest BCUT2D eigenvalue weighted by Gasteiger charge is -2.15. The van der Waals surface area contributed by atoms with E-state index in [9.17, 15) is 18.1 Å². The van der Waals surface area contributed by atoms with E-state index in [0.717, 1.165) is 7.11 Å². The molecule has 0 aromatic carbocycles. The molecule has 1 unspecified atom stereocenters. The molecular weight excluding hydrogens is 229 g/mol. The molecule has 90 valence electrons. The van der Waals surface area contributed by atoms with Crippen LogP contribution in [0.3, 0.4) is 0 Å². The molecule has 0 bridgehead atoms. The Labute approximate surface area is 87.2 Å². The Balaban J connectivity index is 4.37. The van der Waals surface area contributed by atoms with E-state index in [2.05, 4.69) is 4.52 Å². The van der Waals surface area contributed by atoms with Crippen molar-refractivity contribution in [2.24, 2.45) is 0 Å². The molecule has 0 aliphatic heterocycles. The Hall–Kier alpha value is -0.320. The Bertz CT molecular complexity index is 267. The fourth-order valence-electron chi connectivity index (χ4n) is 0.900. The van der Waals surface area contributed by atoms with Crippen LogP contribution in [0.25, 0.3) is 0 Å². The average Bonchev–Trinajstić information content (AvgIpc) is 2.14. The van der Waals surface area contributed by atoms with Crippen LogP contribution in [0.5, 0.6) is 0 Å². The van der Waals surface area contributed by atoms with Crippen LogP contribution in [-0.2, 0) is 13.9 Å². The number of hydrogen-bond acceptors (Lipinski definition) is 3. The van der Waals surface area contributed by atoms with Crippen LogP contribution < -0.4 is 0 Å². The minimum atomic E-state index is -4.19. The first-order valence-electron chi connectivity index (χ1n) is 4.54. The maximum Gasteiger partial charge on any atom is 0.335 e. The predicted molar refractivity (Wildman–Crippen MR) is 51.2 cm³/mol. The van der Waals surface area contributed by atoms with E-state index in [4.69, 9.17) is 4.89 Å². The van der Waals surface area contributed by atoms with E-state index in [1.54, 1.807) is 6.92 Å². The molecule has 15 heavy (non-hydrogen) atoms. The molecule has 1 N–H and O–H groups in total. The highest BCUT2D eigenvalue weighted by atomic mass is 31.2. The molecule has 1 atom stereocenters. The summed E-state index contributed by atoms with van der Waals surface area (Å²) in [6.07, 6.45) is -1.00. The van der Waals surface area contributed by atoms with Crippen molar-refractivity contribution >= 4 is 13.4 Å². The summed E-state index contributed by atoms with van der Waals surface area (Å²) in [5, 5.41) is 0. The highest BCUT2D eigenvalue weighted by Gasteiger charge is 2.41. The SMILES string of the molecule is CCCCC(F)(F)C(=O)CP(=O)(O)OC. The molecular formula is C8H15F2O4P. The molecule has 0 aliphatic carbocycles. The Morgan fingerprint density at radius 1 is 1.53 bits per heavy atom. The average molecular weight is 244 g/mol. The Kier molecular flexibility index (Phi) is 5.56. The second-order valence-electron chi connectivity index (χ2n) is 3.21. The van der Waals surface area contributed by atoms with Crippen LogP contribution in [0.1, 0.15) is 26.2 Å². The number of ketones is 1. The summed E-state index contributed by atoms with van der Waals surface area (Å²) in [7, 11) is -3.29. The monoisotopic (exact) mass is 244 g/mol. The molecule has 0 aromatic rings. The van der Waals surface area contributed by atoms with Crippen molar-refractivity contribution in [2.45, 2.75) is 32.1 Å². The highest BCUT2D eigenvalue weighted by Crippen LogP contribution is 2.42. The van der Waals surface area contributed by atoms with Crippen molar-refractivity contribution in [1.29, 1.82) is 0 Å². The van der Waals surface area contributed by atoms with Gasteiger partial charge in [-0.15, -0.1) is 0 Å². The van der Waals surface area contributed by atoms with Crippen molar-refractivity contribution < 1.29 is 27.6 Å². The molecule has 0 heterocycles. The number of hydrogen-bond donors (Lipinski definition) is 1. The maximum atomic E-state index is 13.0. The quantitative estimate of drug-likeness (QED) is 0.697. The first-order chi connectivity index (χ1) is 6.75. The lowest BCUT2D eigenvalue weighted by molar-refractivity contribution is -0.141. The number of Topliss-reactive ketones (excluding diaryl/α,β-unsaturated/α-hetero) is 1. The standard InChI is InChI=1S/C8H15F2O4P/c1-3-4-5-8(9,10)7(11)6-15(12,13)14-2/h3-6H2,1-2H3,(H,12,13). The van der Waals surface area contributed by atoms with E-state index >= 15 is 0 Å². The molecule has 0 radical (unpaired) electrons. The minimum Gasteiger partial charge on any atom is -0.324 e. The Morgan fingerprint density at radius 2 is 2.07 bits per heavy atom. The second kappa shape index (κ2) is 5.68. The number of carbonyl (C=O) groups excluding carboxylic acids is 1. The third-order valence-electron chi connectivity index (χ3n) is 1.88. The van der Waals surface area contributed by atoms with E-state index < -0.39 is 31.9 Å². The molecule has 0 saturated heterocycles. The van der Waals surface area contributed by atoms with Gasteiger partial charge in [-0.2, -0.15) is 8.78 Å². The summed E-state index contributed by atoms with van der Waals surface area (Å²) >= 11 is 0. The summed E-state index contributed by atoms with van der Waals surface area (Å²) in [4.78, 5) is 19.8. The molecule has 0 rings (SSSR count). The first kappa shape index (κ1) is 14.7. The smallest absolute Gasteiger partial charge is 0.324 e. The van der Waals surface area contributed by atoms with Crippen molar-refractivity contribution in [2.75, 3.05) is 13.3 Å².